The maximum Gasteiger partial charge on any atom is 0.168 e. The molecule has 1 spiro atoms. The third-order valence-corrected chi connectivity index (χ3v) is 5.15. The predicted molar refractivity (Wildman–Crippen MR) is 94.6 cm³/mol. The third-order valence-electron chi connectivity index (χ3n) is 5.15. The molecule has 1 heterocycles. The maximum atomic E-state index is 10.8. The van der Waals surface area contributed by atoms with Crippen LogP contribution in [0, 0.1) is 11.8 Å². The fourth-order valence-corrected chi connectivity index (χ4v) is 3.71. The number of rotatable bonds is 4. The molecule has 2 aliphatic carbocycles. The Morgan fingerprint density at radius 2 is 1.38 bits per heavy atom. The van der Waals surface area contributed by atoms with E-state index in [9.17, 15) is 4.79 Å². The van der Waals surface area contributed by atoms with Crippen LogP contribution < -0.4 is 0 Å². The average molecular weight is 365 g/mol. The number of ether oxygens (including phenoxy) is 4. The van der Waals surface area contributed by atoms with Crippen LogP contribution in [0.1, 0.15) is 51.4 Å². The lowest BCUT2D eigenvalue weighted by Crippen LogP contribution is -2.36. The van der Waals surface area contributed by atoms with Crippen molar-refractivity contribution in [3.63, 3.8) is 0 Å². The van der Waals surface area contributed by atoms with Crippen molar-refractivity contribution >= 4 is 18.2 Å². The lowest BCUT2D eigenvalue weighted by Gasteiger charge is -2.35. The summed E-state index contributed by atoms with van der Waals surface area (Å²) in [7, 11) is 3.49. The van der Waals surface area contributed by atoms with Crippen molar-refractivity contribution in [2.45, 2.75) is 57.2 Å². The van der Waals surface area contributed by atoms with Gasteiger partial charge in [-0.1, -0.05) is 0 Å². The number of ketones is 1. The average Bonchev–Trinajstić information content (AvgIpc) is 3.02. The molecule has 0 N–H and O–H groups in total. The van der Waals surface area contributed by atoms with E-state index in [4.69, 9.17) is 18.9 Å². The van der Waals surface area contributed by atoms with Crippen LogP contribution in [0.3, 0.4) is 0 Å². The molecular weight excluding hydrogens is 332 g/mol. The zero-order valence-corrected chi connectivity index (χ0v) is 15.9. The highest BCUT2D eigenvalue weighted by Crippen LogP contribution is 2.38. The Balaban J connectivity index is 0.000000238. The molecule has 0 aromatic carbocycles. The number of hydrogen-bond donors (Lipinski definition) is 0. The van der Waals surface area contributed by atoms with E-state index in [1.54, 1.807) is 14.2 Å². The zero-order valence-electron chi connectivity index (χ0n) is 15.1. The van der Waals surface area contributed by atoms with E-state index in [2.05, 4.69) is 0 Å². The molecule has 3 fully saturated rings. The summed E-state index contributed by atoms with van der Waals surface area (Å²) >= 11 is 0. The van der Waals surface area contributed by atoms with Crippen LogP contribution in [0.2, 0.25) is 0 Å². The fraction of sp³-hybridized carbons (Fsp3) is 0.944. The molecule has 5 nitrogen and oxygen atoms in total. The Morgan fingerprint density at radius 1 is 0.917 bits per heavy atom. The first-order valence-corrected chi connectivity index (χ1v) is 8.95. The number of hydrogen-bond acceptors (Lipinski definition) is 5. The van der Waals surface area contributed by atoms with Gasteiger partial charge in [0.2, 0.25) is 0 Å². The molecule has 0 aromatic rings. The summed E-state index contributed by atoms with van der Waals surface area (Å²) < 4.78 is 21.4. The van der Waals surface area contributed by atoms with Crippen LogP contribution >= 0.6 is 12.4 Å². The lowest BCUT2D eigenvalue weighted by molar-refractivity contribution is -0.184. The Kier molecular flexibility index (Phi) is 10.4. The molecule has 3 aliphatic rings. The van der Waals surface area contributed by atoms with Gasteiger partial charge in [-0.15, -0.1) is 12.4 Å². The highest BCUT2D eigenvalue weighted by Gasteiger charge is 2.40. The van der Waals surface area contributed by atoms with Gasteiger partial charge in [0.1, 0.15) is 5.78 Å². The summed E-state index contributed by atoms with van der Waals surface area (Å²) in [4.78, 5) is 10.8. The van der Waals surface area contributed by atoms with E-state index in [0.717, 1.165) is 65.0 Å². The van der Waals surface area contributed by atoms with E-state index in [0.29, 0.717) is 17.6 Å². The van der Waals surface area contributed by atoms with Crippen LogP contribution in [0.15, 0.2) is 0 Å². The minimum Gasteiger partial charge on any atom is -0.384 e. The van der Waals surface area contributed by atoms with Crippen molar-refractivity contribution in [1.82, 2.24) is 0 Å². The number of Topliss-reactive ketones (excluding diaryl/α,β-unsaturated/α-hetero) is 1. The second-order valence-corrected chi connectivity index (χ2v) is 6.94. The van der Waals surface area contributed by atoms with Crippen LogP contribution in [-0.4, -0.2) is 52.2 Å². The van der Waals surface area contributed by atoms with Crippen molar-refractivity contribution in [3.8, 4) is 0 Å². The molecule has 0 radical (unpaired) electrons. The quantitative estimate of drug-likeness (QED) is 0.765. The van der Waals surface area contributed by atoms with E-state index >= 15 is 0 Å². The molecule has 0 aromatic heterocycles. The Labute approximate surface area is 152 Å². The standard InChI is InChI=1S/C10H18O3.C8H14O2.ClH/c1-11-8-9-2-4-10(5-3-9)12-6-7-13-10;1-10-6-7-2-4-8(9)5-3-7;/h9H,2-8H2,1H3;7H,2-6H2,1H3;1H. The molecule has 6 heteroatoms. The molecule has 0 amide bonds. The summed E-state index contributed by atoms with van der Waals surface area (Å²) in [6.07, 6.45) is 8.05. The molecule has 1 saturated heterocycles. The number of halogens is 1. The van der Waals surface area contributed by atoms with Gasteiger partial charge in [-0.3, -0.25) is 4.79 Å². The van der Waals surface area contributed by atoms with Crippen molar-refractivity contribution < 1.29 is 23.7 Å². The van der Waals surface area contributed by atoms with Gasteiger partial charge < -0.3 is 18.9 Å². The van der Waals surface area contributed by atoms with Gasteiger partial charge in [0.05, 0.1) is 13.2 Å². The van der Waals surface area contributed by atoms with Crippen molar-refractivity contribution in [2.75, 3.05) is 40.6 Å². The summed E-state index contributed by atoms with van der Waals surface area (Å²) in [6, 6.07) is 0. The normalized spacial score (nSPS) is 24.3. The summed E-state index contributed by atoms with van der Waals surface area (Å²) in [5, 5.41) is 0. The number of methoxy groups -OCH3 is 2. The van der Waals surface area contributed by atoms with E-state index < -0.39 is 0 Å². The molecule has 2 saturated carbocycles. The monoisotopic (exact) mass is 364 g/mol. The Bertz CT molecular complexity index is 337. The van der Waals surface area contributed by atoms with Crippen molar-refractivity contribution in [3.05, 3.63) is 0 Å². The Morgan fingerprint density at radius 3 is 1.83 bits per heavy atom. The molecular formula is C18H33ClO5. The van der Waals surface area contributed by atoms with Gasteiger partial charge in [-0.2, -0.15) is 0 Å². The molecule has 0 unspecified atom stereocenters. The second-order valence-electron chi connectivity index (χ2n) is 6.94. The van der Waals surface area contributed by atoms with Crippen LogP contribution in [0.25, 0.3) is 0 Å². The summed E-state index contributed by atoms with van der Waals surface area (Å²) in [5.41, 5.74) is 0. The van der Waals surface area contributed by atoms with Crippen LogP contribution in [0.5, 0.6) is 0 Å². The van der Waals surface area contributed by atoms with Crippen LogP contribution in [0.4, 0.5) is 0 Å². The highest BCUT2D eigenvalue weighted by molar-refractivity contribution is 5.85. The van der Waals surface area contributed by atoms with Gasteiger partial charge in [-0.25, -0.2) is 0 Å². The summed E-state index contributed by atoms with van der Waals surface area (Å²) in [5.74, 6) is 1.57. The molecule has 142 valence electrons. The van der Waals surface area contributed by atoms with Gasteiger partial charge in [-0.05, 0) is 37.5 Å². The molecule has 0 atom stereocenters. The predicted octanol–water partition coefficient (Wildman–Crippen LogP) is 3.38. The smallest absolute Gasteiger partial charge is 0.168 e. The van der Waals surface area contributed by atoms with Gasteiger partial charge in [0, 0.05) is 53.1 Å². The highest BCUT2D eigenvalue weighted by atomic mass is 35.5. The first-order chi connectivity index (χ1) is 11.2. The molecule has 0 bridgehead atoms. The zero-order chi connectivity index (χ0) is 16.5. The van der Waals surface area contributed by atoms with Gasteiger partial charge in [0.25, 0.3) is 0 Å². The number of carbonyl (C=O) groups is 1. The topological polar surface area (TPSA) is 54.0 Å². The van der Waals surface area contributed by atoms with Crippen LogP contribution in [-0.2, 0) is 23.7 Å². The van der Waals surface area contributed by atoms with E-state index in [-0.39, 0.29) is 18.2 Å². The SMILES string of the molecule is COCC1CCC(=O)CC1.COCC1CCC2(CC1)OCCO2.Cl. The van der Waals surface area contributed by atoms with Crippen molar-refractivity contribution in [2.24, 2.45) is 11.8 Å². The minimum absolute atomic E-state index is 0. The summed E-state index contributed by atoms with van der Waals surface area (Å²) in [6.45, 7) is 3.26. The largest absolute Gasteiger partial charge is 0.384 e. The first kappa shape index (κ1) is 21.8. The molecule has 24 heavy (non-hydrogen) atoms. The molecule has 1 aliphatic heterocycles. The fourth-order valence-electron chi connectivity index (χ4n) is 3.71. The maximum absolute atomic E-state index is 10.8. The Hall–Kier alpha value is -0.200. The van der Waals surface area contributed by atoms with Crippen molar-refractivity contribution in [1.29, 1.82) is 0 Å². The van der Waals surface area contributed by atoms with Gasteiger partial charge in [0.15, 0.2) is 5.79 Å². The lowest BCUT2D eigenvalue weighted by atomic mass is 9.85. The minimum atomic E-state index is -0.204. The number of carbonyl (C=O) groups excluding carboxylic acids is 1. The van der Waals surface area contributed by atoms with E-state index in [1.807, 2.05) is 0 Å². The first-order valence-electron chi connectivity index (χ1n) is 8.95. The van der Waals surface area contributed by atoms with E-state index in [1.165, 1.54) is 12.8 Å². The third kappa shape index (κ3) is 6.96. The van der Waals surface area contributed by atoms with Gasteiger partial charge >= 0.3 is 0 Å². The molecule has 3 rings (SSSR count). The second kappa shape index (κ2) is 11.4.